The number of anilines is 1. The maximum Gasteiger partial charge on any atom is 0.271 e. The van der Waals surface area contributed by atoms with Crippen molar-refractivity contribution in [3.63, 3.8) is 0 Å². The number of thioether (sulfide) groups is 1. The molecule has 1 N–H and O–H groups in total. The monoisotopic (exact) mass is 468 g/mol. The van der Waals surface area contributed by atoms with Crippen molar-refractivity contribution in [2.24, 2.45) is 0 Å². The highest BCUT2D eigenvalue weighted by Crippen LogP contribution is 2.31. The number of nitro benzene ring substituents is 1. The molecule has 0 saturated carbocycles. The lowest BCUT2D eigenvalue weighted by molar-refractivity contribution is -0.384. The third-order valence-electron chi connectivity index (χ3n) is 4.27. The summed E-state index contributed by atoms with van der Waals surface area (Å²) in [4.78, 5) is 27.6. The van der Waals surface area contributed by atoms with Crippen molar-refractivity contribution in [2.45, 2.75) is 23.9 Å². The molecule has 11 heteroatoms. The molecule has 3 rings (SSSR count). The van der Waals surface area contributed by atoms with E-state index in [0.717, 1.165) is 11.0 Å². The molecule has 0 saturated heterocycles. The zero-order valence-corrected chi connectivity index (χ0v) is 18.4. The van der Waals surface area contributed by atoms with Crippen LogP contribution in [-0.2, 0) is 16.1 Å². The fraction of sp³-hybridized carbons (Fsp3) is 0.263. The number of ether oxygens (including phenoxy) is 1. The Morgan fingerprint density at radius 3 is 2.77 bits per heavy atom. The number of fused-ring (bicyclic) bond motifs is 1. The number of rotatable bonds is 8. The van der Waals surface area contributed by atoms with Gasteiger partial charge in [-0.25, -0.2) is 4.98 Å². The van der Waals surface area contributed by atoms with Gasteiger partial charge in [-0.2, -0.15) is 0 Å². The molecule has 1 atom stereocenters. The number of carbonyl (C=O) groups is 1. The Balaban J connectivity index is 1.79. The van der Waals surface area contributed by atoms with E-state index in [0.29, 0.717) is 29.0 Å². The number of hydrogen-bond donors (Lipinski definition) is 1. The number of non-ortho nitro benzene ring substituents is 1. The summed E-state index contributed by atoms with van der Waals surface area (Å²) >= 11 is 13.4. The van der Waals surface area contributed by atoms with Crippen LogP contribution in [0.1, 0.15) is 6.92 Å². The molecule has 8 nitrogen and oxygen atoms in total. The first kappa shape index (κ1) is 22.4. The highest BCUT2D eigenvalue weighted by molar-refractivity contribution is 8.00. The van der Waals surface area contributed by atoms with Gasteiger partial charge in [-0.05, 0) is 31.2 Å². The van der Waals surface area contributed by atoms with Crippen molar-refractivity contribution in [3.05, 3.63) is 56.6 Å². The van der Waals surface area contributed by atoms with Crippen LogP contribution in [-0.4, -0.2) is 39.3 Å². The quantitative estimate of drug-likeness (QED) is 0.283. The second kappa shape index (κ2) is 9.65. The van der Waals surface area contributed by atoms with Crippen LogP contribution in [0.25, 0.3) is 11.0 Å². The number of halogens is 2. The Labute approximate surface area is 186 Å². The van der Waals surface area contributed by atoms with Crippen LogP contribution in [0, 0.1) is 10.1 Å². The maximum atomic E-state index is 12.7. The SMILES string of the molecule is COCCn1c(SC(C)C(=O)Nc2ccc([N+](=O)[O-])cc2Cl)nc2cc(Cl)ccc21. The number of aromatic nitrogens is 2. The number of carbonyl (C=O) groups excluding carboxylic acids is 1. The number of benzene rings is 2. The Morgan fingerprint density at radius 1 is 1.33 bits per heavy atom. The molecule has 1 unspecified atom stereocenters. The van der Waals surface area contributed by atoms with Crippen molar-refractivity contribution >= 4 is 63.3 Å². The number of methoxy groups -OCH3 is 1. The standard InChI is InChI=1S/C19H18Cl2N4O4S/c1-11(18(26)22-15-5-4-13(25(27)28)10-14(15)21)30-19-23-16-9-12(20)3-6-17(16)24(19)7-8-29-2/h3-6,9-11H,7-8H2,1-2H3,(H,22,26). The summed E-state index contributed by atoms with van der Waals surface area (Å²) in [6.07, 6.45) is 0. The molecule has 0 bridgehead atoms. The van der Waals surface area contributed by atoms with Crippen LogP contribution < -0.4 is 5.32 Å². The average Bonchev–Trinajstić information content (AvgIpc) is 3.03. The number of imidazole rings is 1. The van der Waals surface area contributed by atoms with E-state index in [1.54, 1.807) is 26.2 Å². The summed E-state index contributed by atoms with van der Waals surface area (Å²) in [6.45, 7) is 2.80. The van der Waals surface area contributed by atoms with Crippen molar-refractivity contribution in [2.75, 3.05) is 19.0 Å². The average molecular weight is 469 g/mol. The first-order chi connectivity index (χ1) is 14.3. The minimum Gasteiger partial charge on any atom is -0.383 e. The van der Waals surface area contributed by atoms with Crippen molar-refractivity contribution in [1.82, 2.24) is 9.55 Å². The molecule has 2 aromatic carbocycles. The maximum absolute atomic E-state index is 12.7. The summed E-state index contributed by atoms with van der Waals surface area (Å²) in [5, 5.41) is 14.4. The van der Waals surface area contributed by atoms with Gasteiger partial charge in [0.1, 0.15) is 0 Å². The minimum absolute atomic E-state index is 0.0942. The van der Waals surface area contributed by atoms with Crippen molar-refractivity contribution in [1.29, 1.82) is 0 Å². The van der Waals surface area contributed by atoms with Crippen LogP contribution >= 0.6 is 35.0 Å². The number of nitro groups is 1. The van der Waals surface area contributed by atoms with Gasteiger partial charge in [-0.1, -0.05) is 35.0 Å². The van der Waals surface area contributed by atoms with Gasteiger partial charge in [0, 0.05) is 30.8 Å². The highest BCUT2D eigenvalue weighted by atomic mass is 35.5. The van der Waals surface area contributed by atoms with Crippen LogP contribution in [0.3, 0.4) is 0 Å². The van der Waals surface area contributed by atoms with Gasteiger partial charge in [-0.15, -0.1) is 0 Å². The van der Waals surface area contributed by atoms with E-state index in [4.69, 9.17) is 27.9 Å². The molecular weight excluding hydrogens is 451 g/mol. The Morgan fingerprint density at radius 2 is 2.10 bits per heavy atom. The summed E-state index contributed by atoms with van der Waals surface area (Å²) in [5.74, 6) is -0.306. The highest BCUT2D eigenvalue weighted by Gasteiger charge is 2.21. The number of nitrogens with one attached hydrogen (secondary N) is 1. The Bertz CT molecular complexity index is 1110. The van der Waals surface area contributed by atoms with Crippen LogP contribution in [0.4, 0.5) is 11.4 Å². The molecule has 158 valence electrons. The van der Waals surface area contributed by atoms with E-state index in [2.05, 4.69) is 10.3 Å². The smallest absolute Gasteiger partial charge is 0.271 e. The molecule has 0 fully saturated rings. The third-order valence-corrected chi connectivity index (χ3v) is 5.90. The van der Waals surface area contributed by atoms with E-state index in [1.807, 2.05) is 10.6 Å². The molecule has 1 aromatic heterocycles. The lowest BCUT2D eigenvalue weighted by Crippen LogP contribution is -2.23. The molecule has 0 aliphatic heterocycles. The van der Waals surface area contributed by atoms with E-state index in [-0.39, 0.29) is 16.6 Å². The minimum atomic E-state index is -0.549. The van der Waals surface area contributed by atoms with E-state index in [1.165, 1.54) is 30.0 Å². The van der Waals surface area contributed by atoms with Gasteiger partial charge in [-0.3, -0.25) is 14.9 Å². The number of amides is 1. The summed E-state index contributed by atoms with van der Waals surface area (Å²) in [5.41, 5.74) is 1.78. The fourth-order valence-electron chi connectivity index (χ4n) is 2.73. The van der Waals surface area contributed by atoms with E-state index < -0.39 is 10.2 Å². The van der Waals surface area contributed by atoms with Gasteiger partial charge in [0.15, 0.2) is 5.16 Å². The van der Waals surface area contributed by atoms with Gasteiger partial charge in [0.25, 0.3) is 5.69 Å². The lowest BCUT2D eigenvalue weighted by atomic mass is 10.2. The summed E-state index contributed by atoms with van der Waals surface area (Å²) in [7, 11) is 1.62. The Hall–Kier alpha value is -2.33. The lowest BCUT2D eigenvalue weighted by Gasteiger charge is -2.14. The van der Waals surface area contributed by atoms with Gasteiger partial charge < -0.3 is 14.6 Å². The second-order valence-electron chi connectivity index (χ2n) is 6.34. The molecule has 0 radical (unpaired) electrons. The largest absolute Gasteiger partial charge is 0.383 e. The summed E-state index contributed by atoms with van der Waals surface area (Å²) in [6, 6.07) is 9.33. The first-order valence-electron chi connectivity index (χ1n) is 8.86. The predicted octanol–water partition coefficient (Wildman–Crippen LogP) is 5.02. The van der Waals surface area contributed by atoms with E-state index >= 15 is 0 Å². The zero-order valence-electron chi connectivity index (χ0n) is 16.1. The normalized spacial score (nSPS) is 12.1. The van der Waals surface area contributed by atoms with Crippen molar-refractivity contribution < 1.29 is 14.5 Å². The third kappa shape index (κ3) is 5.04. The van der Waals surface area contributed by atoms with Crippen LogP contribution in [0.2, 0.25) is 10.0 Å². The van der Waals surface area contributed by atoms with Crippen LogP contribution in [0.5, 0.6) is 0 Å². The zero-order chi connectivity index (χ0) is 21.8. The Kier molecular flexibility index (Phi) is 7.19. The molecule has 0 spiro atoms. The molecular formula is C19H18Cl2N4O4S. The van der Waals surface area contributed by atoms with Gasteiger partial charge >= 0.3 is 0 Å². The molecule has 3 aromatic rings. The van der Waals surface area contributed by atoms with Crippen molar-refractivity contribution in [3.8, 4) is 0 Å². The number of hydrogen-bond acceptors (Lipinski definition) is 6. The molecule has 0 aliphatic carbocycles. The summed E-state index contributed by atoms with van der Waals surface area (Å²) < 4.78 is 7.16. The first-order valence-corrected chi connectivity index (χ1v) is 10.5. The van der Waals surface area contributed by atoms with Gasteiger partial charge in [0.05, 0.1) is 38.5 Å². The van der Waals surface area contributed by atoms with Gasteiger partial charge in [0.2, 0.25) is 5.91 Å². The van der Waals surface area contributed by atoms with E-state index in [9.17, 15) is 14.9 Å². The second-order valence-corrected chi connectivity index (χ2v) is 8.49. The fourth-order valence-corrected chi connectivity index (χ4v) is 4.07. The molecule has 0 aliphatic rings. The number of nitrogens with zero attached hydrogens (tertiary/aromatic N) is 3. The molecule has 1 amide bonds. The predicted molar refractivity (Wildman–Crippen MR) is 119 cm³/mol. The molecule has 1 heterocycles. The molecule has 30 heavy (non-hydrogen) atoms. The topological polar surface area (TPSA) is 99.3 Å². The van der Waals surface area contributed by atoms with Crippen LogP contribution in [0.15, 0.2) is 41.6 Å².